The first-order valence-corrected chi connectivity index (χ1v) is 6.09. The maximum atomic E-state index is 6.10. The molecule has 2 N–H and O–H groups in total. The van der Waals surface area contributed by atoms with Crippen molar-refractivity contribution in [1.29, 1.82) is 0 Å². The van der Waals surface area contributed by atoms with Gasteiger partial charge in [0.1, 0.15) is 11.5 Å². The van der Waals surface area contributed by atoms with Crippen molar-refractivity contribution in [2.24, 2.45) is 5.73 Å². The number of halogens is 1. The molecule has 2 aromatic rings. The average molecular weight is 263 g/mol. The van der Waals surface area contributed by atoms with E-state index in [1.165, 1.54) is 0 Å². The predicted octanol–water partition coefficient (Wildman–Crippen LogP) is 3.86. The molecule has 1 aromatic carbocycles. The van der Waals surface area contributed by atoms with Gasteiger partial charge in [-0.1, -0.05) is 17.7 Å². The Morgan fingerprint density at radius 2 is 2.06 bits per heavy atom. The van der Waals surface area contributed by atoms with Gasteiger partial charge in [0.05, 0.1) is 16.9 Å². The van der Waals surface area contributed by atoms with E-state index >= 15 is 0 Å². The molecule has 0 bridgehead atoms. The Balaban J connectivity index is 2.18. The van der Waals surface area contributed by atoms with Crippen molar-refractivity contribution in [3.63, 3.8) is 0 Å². The maximum Gasteiger partial charge on any atom is 0.146 e. The summed E-state index contributed by atoms with van der Waals surface area (Å²) in [5, 5.41) is 0.589. The molecule has 0 aliphatic rings. The number of ether oxygens (including phenoxy) is 1. The molecule has 0 radical (unpaired) electrons. The van der Waals surface area contributed by atoms with Gasteiger partial charge < -0.3 is 10.5 Å². The first-order valence-electron chi connectivity index (χ1n) is 5.72. The van der Waals surface area contributed by atoms with Crippen LogP contribution in [-0.2, 0) is 0 Å². The van der Waals surface area contributed by atoms with Crippen LogP contribution < -0.4 is 10.5 Å². The lowest BCUT2D eigenvalue weighted by atomic mass is 10.2. The van der Waals surface area contributed by atoms with Gasteiger partial charge in [0, 0.05) is 6.04 Å². The fourth-order valence-corrected chi connectivity index (χ4v) is 1.81. The molecule has 4 heteroatoms. The minimum Gasteiger partial charge on any atom is -0.454 e. The number of pyridine rings is 1. The first-order chi connectivity index (χ1) is 8.56. The molecule has 18 heavy (non-hydrogen) atoms. The summed E-state index contributed by atoms with van der Waals surface area (Å²) in [7, 11) is 0. The second kappa shape index (κ2) is 5.38. The largest absolute Gasteiger partial charge is 0.454 e. The summed E-state index contributed by atoms with van der Waals surface area (Å²) in [6, 6.07) is 9.26. The van der Waals surface area contributed by atoms with Gasteiger partial charge in [-0.05, 0) is 43.7 Å². The fraction of sp³-hybridized carbons (Fsp3) is 0.214. The van der Waals surface area contributed by atoms with Gasteiger partial charge in [-0.15, -0.1) is 0 Å². The molecule has 94 valence electrons. The van der Waals surface area contributed by atoms with Crippen molar-refractivity contribution in [3.8, 4) is 11.5 Å². The molecule has 0 saturated heterocycles. The topological polar surface area (TPSA) is 48.1 Å². The van der Waals surface area contributed by atoms with Crippen LogP contribution >= 0.6 is 11.6 Å². The van der Waals surface area contributed by atoms with Crippen molar-refractivity contribution in [3.05, 3.63) is 52.8 Å². The Morgan fingerprint density at radius 1 is 1.28 bits per heavy atom. The fourth-order valence-electron chi connectivity index (χ4n) is 1.54. The molecule has 0 saturated carbocycles. The lowest BCUT2D eigenvalue weighted by Gasteiger charge is -2.09. The Morgan fingerprint density at radius 3 is 2.61 bits per heavy atom. The molecular weight excluding hydrogens is 248 g/mol. The molecule has 1 heterocycles. The standard InChI is InChI=1S/C14H15ClN2O/c1-9-3-6-14(12(15)7-9)18-11-4-5-13(10(2)16)17-8-11/h3-8,10H,16H2,1-2H3/t10-/m1/s1. The molecule has 0 aliphatic heterocycles. The summed E-state index contributed by atoms with van der Waals surface area (Å²) in [6.45, 7) is 3.87. The zero-order valence-electron chi connectivity index (χ0n) is 10.4. The SMILES string of the molecule is Cc1ccc(Oc2ccc([C@@H](C)N)nc2)c(Cl)c1. The van der Waals surface area contributed by atoms with E-state index in [9.17, 15) is 0 Å². The van der Waals surface area contributed by atoms with Gasteiger partial charge in [-0.3, -0.25) is 4.98 Å². The quantitative estimate of drug-likeness (QED) is 0.914. The highest BCUT2D eigenvalue weighted by molar-refractivity contribution is 6.32. The van der Waals surface area contributed by atoms with Crippen LogP contribution in [0.5, 0.6) is 11.5 Å². The van der Waals surface area contributed by atoms with Gasteiger partial charge in [0.2, 0.25) is 0 Å². The van der Waals surface area contributed by atoms with E-state index in [4.69, 9.17) is 22.1 Å². The highest BCUT2D eigenvalue weighted by Gasteiger charge is 2.05. The highest BCUT2D eigenvalue weighted by atomic mass is 35.5. The zero-order valence-corrected chi connectivity index (χ0v) is 11.1. The number of rotatable bonds is 3. The van der Waals surface area contributed by atoms with Crippen molar-refractivity contribution < 1.29 is 4.74 Å². The Hall–Kier alpha value is -1.58. The van der Waals surface area contributed by atoms with E-state index in [1.807, 2.05) is 44.2 Å². The number of hydrogen-bond donors (Lipinski definition) is 1. The molecule has 0 fully saturated rings. The van der Waals surface area contributed by atoms with Crippen molar-refractivity contribution in [2.75, 3.05) is 0 Å². The monoisotopic (exact) mass is 262 g/mol. The van der Waals surface area contributed by atoms with Crippen molar-refractivity contribution in [2.45, 2.75) is 19.9 Å². The van der Waals surface area contributed by atoms with E-state index in [0.29, 0.717) is 16.5 Å². The average Bonchev–Trinajstić information content (AvgIpc) is 2.33. The summed E-state index contributed by atoms with van der Waals surface area (Å²) in [4.78, 5) is 4.23. The molecule has 0 aliphatic carbocycles. The maximum absolute atomic E-state index is 6.10. The van der Waals surface area contributed by atoms with Crippen LogP contribution in [-0.4, -0.2) is 4.98 Å². The highest BCUT2D eigenvalue weighted by Crippen LogP contribution is 2.29. The van der Waals surface area contributed by atoms with E-state index in [0.717, 1.165) is 11.3 Å². The van der Waals surface area contributed by atoms with Crippen LogP contribution in [0.4, 0.5) is 0 Å². The van der Waals surface area contributed by atoms with Crippen molar-refractivity contribution >= 4 is 11.6 Å². The van der Waals surface area contributed by atoms with Gasteiger partial charge in [0.25, 0.3) is 0 Å². The molecule has 0 unspecified atom stereocenters. The van der Waals surface area contributed by atoms with Crippen LogP contribution in [0.15, 0.2) is 36.5 Å². The van der Waals surface area contributed by atoms with Crippen LogP contribution in [0.2, 0.25) is 5.02 Å². The smallest absolute Gasteiger partial charge is 0.146 e. The van der Waals surface area contributed by atoms with Gasteiger partial charge in [0.15, 0.2) is 0 Å². The third-order valence-corrected chi connectivity index (χ3v) is 2.84. The van der Waals surface area contributed by atoms with E-state index in [1.54, 1.807) is 6.20 Å². The number of hydrogen-bond acceptors (Lipinski definition) is 3. The van der Waals surface area contributed by atoms with Crippen LogP contribution in [0.25, 0.3) is 0 Å². The number of benzene rings is 1. The van der Waals surface area contributed by atoms with Crippen molar-refractivity contribution in [1.82, 2.24) is 4.98 Å². The molecule has 1 aromatic heterocycles. The third-order valence-electron chi connectivity index (χ3n) is 2.54. The second-order valence-electron chi connectivity index (χ2n) is 4.24. The number of aryl methyl sites for hydroxylation is 1. The van der Waals surface area contributed by atoms with Crippen LogP contribution in [0.1, 0.15) is 24.2 Å². The van der Waals surface area contributed by atoms with E-state index in [-0.39, 0.29) is 6.04 Å². The summed E-state index contributed by atoms with van der Waals surface area (Å²) in [5.74, 6) is 1.27. The molecule has 0 spiro atoms. The van der Waals surface area contributed by atoms with E-state index in [2.05, 4.69) is 4.98 Å². The number of aromatic nitrogens is 1. The Labute approximate surface area is 112 Å². The van der Waals surface area contributed by atoms with Gasteiger partial charge >= 0.3 is 0 Å². The first kappa shape index (κ1) is 12.9. The Bertz CT molecular complexity index is 538. The lowest BCUT2D eigenvalue weighted by Crippen LogP contribution is -2.06. The molecule has 1 atom stereocenters. The van der Waals surface area contributed by atoms with Gasteiger partial charge in [-0.25, -0.2) is 0 Å². The Kier molecular flexibility index (Phi) is 3.84. The molecule has 0 amide bonds. The lowest BCUT2D eigenvalue weighted by molar-refractivity contribution is 0.479. The minimum absolute atomic E-state index is 0.0815. The second-order valence-corrected chi connectivity index (χ2v) is 4.65. The number of nitrogens with zero attached hydrogens (tertiary/aromatic N) is 1. The molecule has 3 nitrogen and oxygen atoms in total. The summed E-state index contributed by atoms with van der Waals surface area (Å²) >= 11 is 6.10. The predicted molar refractivity (Wildman–Crippen MR) is 73.1 cm³/mol. The zero-order chi connectivity index (χ0) is 13.1. The third kappa shape index (κ3) is 3.00. The van der Waals surface area contributed by atoms with E-state index < -0.39 is 0 Å². The summed E-state index contributed by atoms with van der Waals surface area (Å²) in [6.07, 6.45) is 1.65. The normalized spacial score (nSPS) is 12.2. The van der Waals surface area contributed by atoms with Crippen LogP contribution in [0, 0.1) is 6.92 Å². The number of nitrogens with two attached hydrogens (primary N) is 1. The summed E-state index contributed by atoms with van der Waals surface area (Å²) < 4.78 is 5.66. The van der Waals surface area contributed by atoms with Crippen LogP contribution in [0.3, 0.4) is 0 Å². The summed E-state index contributed by atoms with van der Waals surface area (Å²) in [5.41, 5.74) is 7.66. The molecular formula is C14H15ClN2O. The van der Waals surface area contributed by atoms with Gasteiger partial charge in [-0.2, -0.15) is 0 Å². The minimum atomic E-state index is -0.0815. The molecule has 2 rings (SSSR count).